The highest BCUT2D eigenvalue weighted by Crippen LogP contribution is 2.46. The van der Waals surface area contributed by atoms with Crippen LogP contribution in [-0.2, 0) is 0 Å². The maximum absolute atomic E-state index is 14.5. The van der Waals surface area contributed by atoms with E-state index in [2.05, 4.69) is 20.0 Å². The number of fused-ring (bicyclic) bond motifs is 1. The minimum absolute atomic E-state index is 0.0139. The van der Waals surface area contributed by atoms with Gasteiger partial charge >= 0.3 is 6.61 Å². The van der Waals surface area contributed by atoms with Gasteiger partial charge in [-0.1, -0.05) is 23.7 Å². The van der Waals surface area contributed by atoms with E-state index in [1.54, 1.807) is 11.4 Å². The van der Waals surface area contributed by atoms with Crippen molar-refractivity contribution in [1.82, 2.24) is 14.4 Å². The molecule has 1 atom stereocenters. The van der Waals surface area contributed by atoms with Crippen LogP contribution in [0, 0.1) is 23.0 Å². The molecule has 1 fully saturated rings. The fourth-order valence-electron chi connectivity index (χ4n) is 5.01. The van der Waals surface area contributed by atoms with Crippen molar-refractivity contribution in [3.63, 3.8) is 0 Å². The van der Waals surface area contributed by atoms with Crippen LogP contribution in [0.25, 0.3) is 16.0 Å². The van der Waals surface area contributed by atoms with Gasteiger partial charge in [-0.3, -0.25) is 14.6 Å². The normalized spacial score (nSPS) is 13.8. The molecule has 4 N–H and O–H groups in total. The molecule has 0 aliphatic heterocycles. The lowest BCUT2D eigenvalue weighted by Crippen LogP contribution is -2.24. The average Bonchev–Trinajstić information content (AvgIpc) is 3.73. The molecule has 2 aromatic carbocycles. The Labute approximate surface area is 250 Å². The third kappa shape index (κ3) is 5.53. The van der Waals surface area contributed by atoms with E-state index >= 15 is 0 Å². The zero-order valence-corrected chi connectivity index (χ0v) is 23.5. The Bertz CT molecular complexity index is 1940. The summed E-state index contributed by atoms with van der Waals surface area (Å²) in [6.07, 6.45) is 2.83. The summed E-state index contributed by atoms with van der Waals surface area (Å²) in [7, 11) is 0. The monoisotopic (exact) mass is 628 g/mol. The Morgan fingerprint density at radius 3 is 2.65 bits per heavy atom. The first-order valence-corrected chi connectivity index (χ1v) is 14.2. The summed E-state index contributed by atoms with van der Waals surface area (Å²) >= 11 is 7.62. The SMILES string of the molecule is N=C(c1ccc(OC(F)F)c(F)c1)c1c(N)ncnc1N[C@H](c1cc2scc(Cl)n2c(=O)c1-c1cccc(F)c1)C1CC1. The summed E-state index contributed by atoms with van der Waals surface area (Å²) in [5.41, 5.74) is 6.72. The maximum Gasteiger partial charge on any atom is 0.387 e. The predicted octanol–water partition coefficient (Wildman–Crippen LogP) is 6.91. The molecule has 0 saturated heterocycles. The van der Waals surface area contributed by atoms with E-state index in [1.165, 1.54) is 46.3 Å². The number of nitrogen functional groups attached to an aromatic ring is 1. The van der Waals surface area contributed by atoms with Gasteiger partial charge in [0.25, 0.3) is 5.56 Å². The zero-order chi connectivity index (χ0) is 30.4. The van der Waals surface area contributed by atoms with E-state index in [0.717, 1.165) is 25.0 Å². The molecule has 0 bridgehead atoms. The average molecular weight is 629 g/mol. The third-order valence-corrected chi connectivity index (χ3v) is 8.38. The topological polar surface area (TPSA) is 118 Å². The number of ether oxygens (including phenoxy) is 1. The molecule has 0 spiro atoms. The Morgan fingerprint density at radius 1 is 1.16 bits per heavy atom. The van der Waals surface area contributed by atoms with Gasteiger partial charge in [-0.05, 0) is 66.3 Å². The number of benzene rings is 2. The largest absolute Gasteiger partial charge is 0.432 e. The molecule has 3 aromatic heterocycles. The number of aromatic nitrogens is 3. The van der Waals surface area contributed by atoms with Crippen LogP contribution >= 0.6 is 22.9 Å². The van der Waals surface area contributed by atoms with Crippen molar-refractivity contribution in [1.29, 1.82) is 5.41 Å². The highest BCUT2D eigenvalue weighted by atomic mass is 35.5. The molecule has 1 aliphatic rings. The van der Waals surface area contributed by atoms with Crippen LogP contribution in [0.5, 0.6) is 5.75 Å². The highest BCUT2D eigenvalue weighted by Gasteiger charge is 2.36. The second-order valence-electron chi connectivity index (χ2n) is 9.86. The fourth-order valence-corrected chi connectivity index (χ4v) is 6.17. The molecule has 220 valence electrons. The molecule has 0 amide bonds. The lowest BCUT2D eigenvalue weighted by atomic mass is 9.93. The highest BCUT2D eigenvalue weighted by molar-refractivity contribution is 7.16. The number of hydrogen-bond acceptors (Lipinski definition) is 8. The molecule has 43 heavy (non-hydrogen) atoms. The number of anilines is 2. The number of hydrogen-bond donors (Lipinski definition) is 3. The first-order chi connectivity index (χ1) is 20.6. The van der Waals surface area contributed by atoms with Gasteiger partial charge in [0.15, 0.2) is 11.6 Å². The molecule has 1 saturated carbocycles. The number of pyridine rings is 1. The molecule has 6 rings (SSSR count). The Balaban J connectivity index is 1.46. The van der Waals surface area contributed by atoms with Crippen molar-refractivity contribution in [3.05, 3.63) is 104 Å². The Hall–Kier alpha value is -4.49. The number of rotatable bonds is 9. The van der Waals surface area contributed by atoms with Crippen LogP contribution < -0.4 is 21.3 Å². The van der Waals surface area contributed by atoms with Crippen molar-refractivity contribution in [2.75, 3.05) is 11.1 Å². The van der Waals surface area contributed by atoms with Crippen molar-refractivity contribution in [3.8, 4) is 16.9 Å². The van der Waals surface area contributed by atoms with Crippen molar-refractivity contribution in [2.24, 2.45) is 5.92 Å². The molecular formula is C29H21ClF4N6O2S. The van der Waals surface area contributed by atoms with Crippen molar-refractivity contribution < 1.29 is 22.3 Å². The molecule has 3 heterocycles. The van der Waals surface area contributed by atoms with E-state index in [0.29, 0.717) is 16.0 Å². The van der Waals surface area contributed by atoms with Crippen LogP contribution in [0.3, 0.4) is 0 Å². The number of alkyl halides is 2. The third-order valence-electron chi connectivity index (χ3n) is 7.09. The zero-order valence-electron chi connectivity index (χ0n) is 22.0. The maximum atomic E-state index is 14.5. The molecule has 14 heteroatoms. The summed E-state index contributed by atoms with van der Waals surface area (Å²) in [6, 6.07) is 10.1. The predicted molar refractivity (Wildman–Crippen MR) is 156 cm³/mol. The molecular weight excluding hydrogens is 608 g/mol. The van der Waals surface area contributed by atoms with Crippen LogP contribution in [0.4, 0.5) is 29.2 Å². The van der Waals surface area contributed by atoms with E-state index in [4.69, 9.17) is 22.7 Å². The molecule has 8 nitrogen and oxygen atoms in total. The second-order valence-corrected chi connectivity index (χ2v) is 11.1. The van der Waals surface area contributed by atoms with Crippen LogP contribution in [0.1, 0.15) is 35.6 Å². The van der Waals surface area contributed by atoms with E-state index in [9.17, 15) is 22.4 Å². The summed E-state index contributed by atoms with van der Waals surface area (Å²) < 4.78 is 59.6. The van der Waals surface area contributed by atoms with E-state index in [1.807, 2.05) is 6.07 Å². The first kappa shape index (κ1) is 28.6. The van der Waals surface area contributed by atoms with Crippen LogP contribution in [0.2, 0.25) is 5.15 Å². The quantitative estimate of drug-likeness (QED) is 0.121. The lowest BCUT2D eigenvalue weighted by molar-refractivity contribution is -0.0521. The number of nitrogens with two attached hydrogens (primary N) is 1. The van der Waals surface area contributed by atoms with Gasteiger partial charge in [0.1, 0.15) is 33.8 Å². The number of nitrogens with zero attached hydrogens (tertiary/aromatic N) is 3. The minimum atomic E-state index is -3.22. The standard InChI is InChI=1S/C29H21ClF4N6O2S/c30-20-11-43-21-10-17(22(28(41)40(20)21)14-2-1-3-16(31)8-14)25(13-4-5-13)39-27-23(26(36)37-12-38-27)24(35)15-6-7-19(18(32)9-15)42-29(33)34/h1-3,6-13,25,29,35H,4-5H2,(H3,36,37,38,39)/t25-/m0/s1. The van der Waals surface area contributed by atoms with E-state index < -0.39 is 35.6 Å². The van der Waals surface area contributed by atoms with Gasteiger partial charge in [0, 0.05) is 10.9 Å². The van der Waals surface area contributed by atoms with Gasteiger partial charge < -0.3 is 15.8 Å². The van der Waals surface area contributed by atoms with Gasteiger partial charge in [-0.25, -0.2) is 18.7 Å². The second kappa shape index (κ2) is 11.3. The van der Waals surface area contributed by atoms with Crippen molar-refractivity contribution in [2.45, 2.75) is 25.5 Å². The van der Waals surface area contributed by atoms with Crippen LogP contribution in [-0.4, -0.2) is 26.7 Å². The summed E-state index contributed by atoms with van der Waals surface area (Å²) in [5.74, 6) is -2.18. The van der Waals surface area contributed by atoms with Crippen molar-refractivity contribution >= 4 is 45.1 Å². The van der Waals surface area contributed by atoms with Gasteiger partial charge in [-0.2, -0.15) is 8.78 Å². The molecule has 1 aliphatic carbocycles. The van der Waals surface area contributed by atoms with Gasteiger partial charge in [0.2, 0.25) is 0 Å². The molecule has 0 radical (unpaired) electrons. The van der Waals surface area contributed by atoms with Gasteiger partial charge in [0.05, 0.1) is 22.9 Å². The van der Waals surface area contributed by atoms with E-state index in [-0.39, 0.29) is 45.1 Å². The first-order valence-electron chi connectivity index (χ1n) is 12.9. The Morgan fingerprint density at radius 2 is 1.95 bits per heavy atom. The summed E-state index contributed by atoms with van der Waals surface area (Å²) in [4.78, 5) is 22.7. The smallest absolute Gasteiger partial charge is 0.387 e. The molecule has 0 unspecified atom stereocenters. The number of thiazole rings is 1. The number of halogens is 5. The Kier molecular flexibility index (Phi) is 7.52. The fraction of sp³-hybridized carbons (Fsp3) is 0.172. The summed E-state index contributed by atoms with van der Waals surface area (Å²) in [5, 5.41) is 14.0. The molecule has 5 aromatic rings. The lowest BCUT2D eigenvalue weighted by Gasteiger charge is -2.24. The van der Waals surface area contributed by atoms with Crippen LogP contribution in [0.15, 0.2) is 65.0 Å². The minimum Gasteiger partial charge on any atom is -0.432 e. The van der Waals surface area contributed by atoms with Gasteiger partial charge in [-0.15, -0.1) is 11.3 Å². The number of nitrogens with one attached hydrogen (secondary N) is 2. The summed E-state index contributed by atoms with van der Waals surface area (Å²) in [6.45, 7) is -3.22.